The molecular weight excluding hydrogens is 386 g/mol. The lowest BCUT2D eigenvalue weighted by Gasteiger charge is -2.22. The van der Waals surface area contributed by atoms with Crippen molar-refractivity contribution in [3.05, 3.63) is 89.0 Å². The van der Waals surface area contributed by atoms with E-state index in [2.05, 4.69) is 87.5 Å². The zero-order chi connectivity index (χ0) is 21.8. The zero-order valence-electron chi connectivity index (χ0n) is 19.4. The average molecular weight is 418 g/mol. The van der Waals surface area contributed by atoms with E-state index in [9.17, 15) is 0 Å². The minimum Gasteiger partial charge on any atom is -0.247 e. The van der Waals surface area contributed by atoms with Crippen molar-refractivity contribution in [2.24, 2.45) is 5.92 Å². The Hall–Kier alpha value is -2.93. The number of pyridine rings is 1. The number of hydrogen-bond donors (Lipinski definition) is 0. The molecule has 1 nitrogen and oxygen atoms in total. The van der Waals surface area contributed by atoms with E-state index in [0.29, 0.717) is 17.8 Å². The third-order valence-electron chi connectivity index (χ3n) is 7.64. The Labute approximate surface area is 191 Å². The first kappa shape index (κ1) is 19.7. The highest BCUT2D eigenvalue weighted by atomic mass is 14.7. The lowest BCUT2D eigenvalue weighted by atomic mass is 9.84. The molecule has 1 heterocycles. The fourth-order valence-corrected chi connectivity index (χ4v) is 6.21. The predicted molar refractivity (Wildman–Crippen MR) is 135 cm³/mol. The molecular formula is C31H31N. The number of aryl methyl sites for hydroxylation is 1. The van der Waals surface area contributed by atoms with Gasteiger partial charge in [-0.2, -0.15) is 0 Å². The van der Waals surface area contributed by atoms with E-state index in [1.165, 1.54) is 63.7 Å². The van der Waals surface area contributed by atoms with Crippen molar-refractivity contribution in [1.29, 1.82) is 0 Å². The first-order valence-electron chi connectivity index (χ1n) is 12.2. The van der Waals surface area contributed by atoms with E-state index < -0.39 is 0 Å². The lowest BCUT2D eigenvalue weighted by Crippen LogP contribution is -2.06. The Balaban J connectivity index is 1.57. The summed E-state index contributed by atoms with van der Waals surface area (Å²) in [6.07, 6.45) is 5.12. The molecule has 2 unspecified atom stereocenters. The van der Waals surface area contributed by atoms with Crippen molar-refractivity contribution in [3.8, 4) is 22.4 Å². The van der Waals surface area contributed by atoms with Gasteiger partial charge in [-0.1, -0.05) is 62.4 Å². The molecule has 2 aliphatic rings. The molecule has 2 aliphatic carbocycles. The number of hydrogen-bond acceptors (Lipinski definition) is 1. The minimum absolute atomic E-state index is 0.670. The molecule has 0 amide bonds. The van der Waals surface area contributed by atoms with Crippen molar-refractivity contribution in [3.63, 3.8) is 0 Å². The van der Waals surface area contributed by atoms with Gasteiger partial charge in [0.2, 0.25) is 0 Å². The molecule has 2 atom stereocenters. The van der Waals surface area contributed by atoms with Crippen molar-refractivity contribution < 1.29 is 0 Å². The highest BCUT2D eigenvalue weighted by molar-refractivity contribution is 5.91. The van der Waals surface area contributed by atoms with Gasteiger partial charge in [0.15, 0.2) is 0 Å². The molecule has 2 bridgehead atoms. The van der Waals surface area contributed by atoms with Crippen LogP contribution in [0.15, 0.2) is 66.7 Å². The monoisotopic (exact) mass is 417 g/mol. The zero-order valence-corrected chi connectivity index (χ0v) is 19.4. The Morgan fingerprint density at radius 1 is 0.812 bits per heavy atom. The van der Waals surface area contributed by atoms with Crippen LogP contribution >= 0.6 is 0 Å². The molecule has 1 fully saturated rings. The second kappa shape index (κ2) is 7.59. The molecule has 0 spiro atoms. The summed E-state index contributed by atoms with van der Waals surface area (Å²) in [6, 6.07) is 24.5. The van der Waals surface area contributed by atoms with Crippen LogP contribution in [0.2, 0.25) is 0 Å². The largest absolute Gasteiger partial charge is 0.247 e. The van der Waals surface area contributed by atoms with Gasteiger partial charge in [0.05, 0.1) is 11.2 Å². The van der Waals surface area contributed by atoms with Gasteiger partial charge in [-0.25, -0.2) is 4.98 Å². The van der Waals surface area contributed by atoms with E-state index in [1.54, 1.807) is 11.1 Å². The van der Waals surface area contributed by atoms with E-state index in [1.807, 2.05) is 0 Å². The Kier molecular flexibility index (Phi) is 4.68. The van der Waals surface area contributed by atoms with Crippen molar-refractivity contribution in [2.75, 3.05) is 0 Å². The van der Waals surface area contributed by atoms with Crippen molar-refractivity contribution in [1.82, 2.24) is 4.98 Å². The van der Waals surface area contributed by atoms with Gasteiger partial charge in [-0.3, -0.25) is 0 Å². The number of fused-ring (bicyclic) bond motifs is 7. The number of rotatable bonds is 4. The molecule has 0 saturated heterocycles. The number of benzene rings is 3. The normalized spacial score (nSPS) is 19.1. The van der Waals surface area contributed by atoms with Gasteiger partial charge in [-0.15, -0.1) is 0 Å². The summed E-state index contributed by atoms with van der Waals surface area (Å²) in [5, 5.41) is 1.43. The third-order valence-corrected chi connectivity index (χ3v) is 7.64. The maximum Gasteiger partial charge on any atom is 0.0747 e. The van der Waals surface area contributed by atoms with Crippen LogP contribution in [0.3, 0.4) is 0 Å². The van der Waals surface area contributed by atoms with Gasteiger partial charge in [0.1, 0.15) is 0 Å². The molecule has 4 aromatic rings. The van der Waals surface area contributed by atoms with Gasteiger partial charge in [0, 0.05) is 10.9 Å². The minimum atomic E-state index is 0.670. The van der Waals surface area contributed by atoms with Crippen molar-refractivity contribution in [2.45, 2.75) is 58.3 Å². The summed E-state index contributed by atoms with van der Waals surface area (Å²) in [5.74, 6) is 2.06. The average Bonchev–Trinajstić information content (AvgIpc) is 3.42. The van der Waals surface area contributed by atoms with E-state index in [-0.39, 0.29) is 0 Å². The molecule has 3 aromatic carbocycles. The molecule has 1 heteroatoms. The second-order valence-corrected chi connectivity index (χ2v) is 10.3. The van der Waals surface area contributed by atoms with Gasteiger partial charge < -0.3 is 0 Å². The Morgan fingerprint density at radius 2 is 1.53 bits per heavy atom. The number of aromatic nitrogens is 1. The first-order valence-corrected chi connectivity index (χ1v) is 12.2. The smallest absolute Gasteiger partial charge is 0.0747 e. The molecule has 32 heavy (non-hydrogen) atoms. The van der Waals surface area contributed by atoms with E-state index in [4.69, 9.17) is 4.98 Å². The molecule has 160 valence electrons. The van der Waals surface area contributed by atoms with Crippen LogP contribution in [0, 0.1) is 12.8 Å². The fraction of sp³-hybridized carbons (Fsp3) is 0.323. The summed E-state index contributed by atoms with van der Waals surface area (Å²) in [4.78, 5) is 5.35. The summed E-state index contributed by atoms with van der Waals surface area (Å²) in [5.41, 5.74) is 12.3. The Bertz CT molecular complexity index is 1320. The summed E-state index contributed by atoms with van der Waals surface area (Å²) >= 11 is 0. The van der Waals surface area contributed by atoms with E-state index >= 15 is 0 Å². The predicted octanol–water partition coefficient (Wildman–Crippen LogP) is 8.44. The van der Waals surface area contributed by atoms with Crippen LogP contribution in [-0.4, -0.2) is 4.98 Å². The second-order valence-electron chi connectivity index (χ2n) is 10.3. The maximum absolute atomic E-state index is 5.35. The standard InChI is InChI=1S/C31H31N/c1-19(2)14-26-18-27-28(15-20(26)3)32-31(30-24-13-12-23(17-24)29(27)30)25-11-7-10-22(16-25)21-8-5-4-6-9-21/h4-11,15-16,18-19,23-24H,12-14,17H2,1-3H3. The van der Waals surface area contributed by atoms with Crippen LogP contribution in [0.1, 0.15) is 67.2 Å². The fourth-order valence-electron chi connectivity index (χ4n) is 6.21. The highest BCUT2D eigenvalue weighted by Gasteiger charge is 2.40. The van der Waals surface area contributed by atoms with Crippen LogP contribution in [0.25, 0.3) is 33.3 Å². The molecule has 0 N–H and O–H groups in total. The topological polar surface area (TPSA) is 12.9 Å². The molecule has 0 radical (unpaired) electrons. The Morgan fingerprint density at radius 3 is 2.31 bits per heavy atom. The SMILES string of the molecule is Cc1cc2nc(-c3cccc(-c4ccccc4)c3)c3c(c2cc1CC(C)C)C1CCC3C1. The molecule has 1 aromatic heterocycles. The van der Waals surface area contributed by atoms with Crippen LogP contribution in [-0.2, 0) is 6.42 Å². The molecule has 0 aliphatic heterocycles. The van der Waals surface area contributed by atoms with E-state index in [0.717, 1.165) is 6.42 Å². The van der Waals surface area contributed by atoms with Crippen LogP contribution in [0.5, 0.6) is 0 Å². The van der Waals surface area contributed by atoms with Crippen molar-refractivity contribution >= 4 is 10.9 Å². The first-order chi connectivity index (χ1) is 15.6. The summed E-state index contributed by atoms with van der Waals surface area (Å²) in [6.45, 7) is 6.89. The third kappa shape index (κ3) is 3.18. The molecule has 1 saturated carbocycles. The summed E-state index contributed by atoms with van der Waals surface area (Å²) < 4.78 is 0. The van der Waals surface area contributed by atoms with Gasteiger partial charge in [0.25, 0.3) is 0 Å². The van der Waals surface area contributed by atoms with Gasteiger partial charge in [-0.05, 0) is 102 Å². The molecule has 6 rings (SSSR count). The highest BCUT2D eigenvalue weighted by Crippen LogP contribution is 2.57. The number of nitrogens with zero attached hydrogens (tertiary/aromatic N) is 1. The van der Waals surface area contributed by atoms with Gasteiger partial charge >= 0.3 is 0 Å². The maximum atomic E-state index is 5.35. The summed E-state index contributed by atoms with van der Waals surface area (Å²) in [7, 11) is 0. The van der Waals surface area contributed by atoms with Crippen LogP contribution in [0.4, 0.5) is 0 Å². The quantitative estimate of drug-likeness (QED) is 0.324. The lowest BCUT2D eigenvalue weighted by molar-refractivity contribution is 0.645. The van der Waals surface area contributed by atoms with Crippen LogP contribution < -0.4 is 0 Å².